The van der Waals surface area contributed by atoms with Crippen LogP contribution in [-0.2, 0) is 13.0 Å². The van der Waals surface area contributed by atoms with Crippen molar-refractivity contribution in [2.45, 2.75) is 64.1 Å². The quantitative estimate of drug-likeness (QED) is 0.798. The van der Waals surface area contributed by atoms with Crippen LogP contribution < -0.4 is 10.1 Å². The van der Waals surface area contributed by atoms with Gasteiger partial charge in [-0.3, -0.25) is 4.79 Å². The third kappa shape index (κ3) is 4.25. The summed E-state index contributed by atoms with van der Waals surface area (Å²) >= 11 is 0. The van der Waals surface area contributed by atoms with Crippen LogP contribution in [-0.4, -0.2) is 41.0 Å². The van der Waals surface area contributed by atoms with Crippen molar-refractivity contribution >= 4 is 5.91 Å². The molecule has 1 amide bonds. The van der Waals surface area contributed by atoms with Crippen molar-refractivity contribution in [1.29, 1.82) is 0 Å². The lowest BCUT2D eigenvalue weighted by Gasteiger charge is -2.37. The van der Waals surface area contributed by atoms with Crippen molar-refractivity contribution in [1.82, 2.24) is 15.2 Å². The molecule has 150 valence electrons. The molecule has 1 fully saturated rings. The van der Waals surface area contributed by atoms with Gasteiger partial charge < -0.3 is 19.9 Å². The highest BCUT2D eigenvalue weighted by Crippen LogP contribution is 2.28. The molecule has 0 spiro atoms. The Balaban J connectivity index is 1.39. The van der Waals surface area contributed by atoms with E-state index in [1.165, 1.54) is 12.0 Å². The summed E-state index contributed by atoms with van der Waals surface area (Å²) in [6.45, 7) is 4.45. The number of nitrogens with zero attached hydrogens (tertiary/aromatic N) is 1. The topological polar surface area (TPSA) is 57.4 Å². The van der Waals surface area contributed by atoms with Gasteiger partial charge in [-0.05, 0) is 51.0 Å². The van der Waals surface area contributed by atoms with Crippen LogP contribution in [0.5, 0.6) is 5.75 Å². The van der Waals surface area contributed by atoms with Crippen molar-refractivity contribution < 1.29 is 9.53 Å². The number of hydrogen-bond donors (Lipinski definition) is 2. The molecule has 2 aliphatic rings. The average Bonchev–Trinajstić information content (AvgIpc) is 3.18. The van der Waals surface area contributed by atoms with Crippen LogP contribution in [0, 0.1) is 0 Å². The normalized spacial score (nSPS) is 21.6. The number of rotatable bonds is 6. The van der Waals surface area contributed by atoms with Crippen molar-refractivity contribution in [3.05, 3.63) is 53.3 Å². The Bertz CT molecular complexity index is 763. The average molecular weight is 382 g/mol. The molecule has 1 aromatic heterocycles. The maximum absolute atomic E-state index is 13.2. The van der Waals surface area contributed by atoms with Crippen LogP contribution in [0.3, 0.4) is 0 Å². The molecule has 1 saturated carbocycles. The first-order valence-corrected chi connectivity index (χ1v) is 10.7. The van der Waals surface area contributed by atoms with Crippen LogP contribution in [0.25, 0.3) is 0 Å². The van der Waals surface area contributed by atoms with Crippen LogP contribution >= 0.6 is 0 Å². The van der Waals surface area contributed by atoms with Gasteiger partial charge in [-0.1, -0.05) is 30.3 Å². The Morgan fingerprint density at radius 3 is 2.89 bits per heavy atom. The van der Waals surface area contributed by atoms with E-state index in [1.54, 1.807) is 0 Å². The molecule has 0 unspecified atom stereocenters. The van der Waals surface area contributed by atoms with Gasteiger partial charge in [0, 0.05) is 31.2 Å². The van der Waals surface area contributed by atoms with E-state index in [9.17, 15) is 4.79 Å². The SMILES string of the molecule is CCN(C(=O)c1cc2c([nH]1)CCCO2)[C@H]1CCC[C@@H](NCc2ccccc2)C1. The highest BCUT2D eigenvalue weighted by molar-refractivity contribution is 5.93. The zero-order valence-electron chi connectivity index (χ0n) is 16.7. The number of benzene rings is 1. The number of aromatic amines is 1. The van der Waals surface area contributed by atoms with Crippen molar-refractivity contribution in [3.63, 3.8) is 0 Å². The molecule has 28 heavy (non-hydrogen) atoms. The number of nitrogens with one attached hydrogen (secondary N) is 2. The molecular formula is C23H31N3O2. The number of H-pyrrole nitrogens is 1. The summed E-state index contributed by atoms with van der Waals surface area (Å²) in [4.78, 5) is 18.6. The van der Waals surface area contributed by atoms with Crippen molar-refractivity contribution in [2.24, 2.45) is 0 Å². The lowest BCUT2D eigenvalue weighted by molar-refractivity contribution is 0.0622. The van der Waals surface area contributed by atoms with Gasteiger partial charge in [0.25, 0.3) is 5.91 Å². The van der Waals surface area contributed by atoms with Crippen LogP contribution in [0.2, 0.25) is 0 Å². The number of carbonyl (C=O) groups is 1. The van der Waals surface area contributed by atoms with E-state index in [2.05, 4.69) is 41.5 Å². The Morgan fingerprint density at radius 1 is 1.25 bits per heavy atom. The first-order valence-electron chi connectivity index (χ1n) is 10.7. The highest BCUT2D eigenvalue weighted by atomic mass is 16.5. The lowest BCUT2D eigenvalue weighted by atomic mass is 9.89. The van der Waals surface area contributed by atoms with Gasteiger partial charge in [-0.2, -0.15) is 0 Å². The molecule has 4 rings (SSSR count). The fourth-order valence-corrected chi connectivity index (χ4v) is 4.55. The molecule has 0 bridgehead atoms. The number of fused-ring (bicyclic) bond motifs is 1. The number of hydrogen-bond acceptors (Lipinski definition) is 3. The Morgan fingerprint density at radius 2 is 2.11 bits per heavy atom. The highest BCUT2D eigenvalue weighted by Gasteiger charge is 2.30. The second-order valence-electron chi connectivity index (χ2n) is 7.95. The van der Waals surface area contributed by atoms with Gasteiger partial charge >= 0.3 is 0 Å². The van der Waals surface area contributed by atoms with E-state index < -0.39 is 0 Å². The lowest BCUT2D eigenvalue weighted by Crippen LogP contribution is -2.46. The van der Waals surface area contributed by atoms with Crippen LogP contribution in [0.4, 0.5) is 0 Å². The number of aromatic nitrogens is 1. The van der Waals surface area contributed by atoms with Gasteiger partial charge in [-0.15, -0.1) is 0 Å². The van der Waals surface area contributed by atoms with Gasteiger partial charge in [0.15, 0.2) is 0 Å². The van der Waals surface area contributed by atoms with E-state index in [0.717, 1.165) is 63.2 Å². The smallest absolute Gasteiger partial charge is 0.270 e. The standard InChI is InChI=1S/C23H31N3O2/c1-2-26(23(27)21-15-22-20(25-21)12-7-13-28-22)19-11-6-10-18(14-19)24-16-17-8-4-3-5-9-17/h3-5,8-9,15,18-19,24-25H,2,6-7,10-14,16H2,1H3/t18-,19+/m1/s1. The minimum absolute atomic E-state index is 0.106. The fraction of sp³-hybridized carbons (Fsp3) is 0.522. The summed E-state index contributed by atoms with van der Waals surface area (Å²) in [6.07, 6.45) is 6.41. The van der Waals surface area contributed by atoms with Crippen LogP contribution in [0.1, 0.15) is 60.8 Å². The second kappa shape index (κ2) is 8.82. The Labute approximate surface area is 167 Å². The van der Waals surface area contributed by atoms with E-state index in [-0.39, 0.29) is 5.91 Å². The third-order valence-electron chi connectivity index (χ3n) is 6.04. The molecule has 0 radical (unpaired) electrons. The summed E-state index contributed by atoms with van der Waals surface area (Å²) in [5.41, 5.74) is 3.05. The molecule has 0 saturated heterocycles. The Kier molecular flexibility index (Phi) is 6.01. The first kappa shape index (κ1) is 19.1. The predicted molar refractivity (Wildman–Crippen MR) is 111 cm³/mol. The van der Waals surface area contributed by atoms with Gasteiger partial charge in [0.05, 0.1) is 12.3 Å². The van der Waals surface area contributed by atoms with Gasteiger partial charge in [0.2, 0.25) is 0 Å². The molecular weight excluding hydrogens is 350 g/mol. The maximum atomic E-state index is 13.2. The third-order valence-corrected chi connectivity index (χ3v) is 6.04. The zero-order chi connectivity index (χ0) is 19.3. The minimum atomic E-state index is 0.106. The van der Waals surface area contributed by atoms with Gasteiger partial charge in [0.1, 0.15) is 11.4 Å². The summed E-state index contributed by atoms with van der Waals surface area (Å²) < 4.78 is 5.69. The van der Waals surface area contributed by atoms with E-state index in [0.29, 0.717) is 17.8 Å². The molecule has 1 aromatic carbocycles. The second-order valence-corrected chi connectivity index (χ2v) is 7.95. The molecule has 2 aromatic rings. The monoisotopic (exact) mass is 381 g/mol. The zero-order valence-corrected chi connectivity index (χ0v) is 16.7. The summed E-state index contributed by atoms with van der Waals surface area (Å²) in [6, 6.07) is 13.2. The summed E-state index contributed by atoms with van der Waals surface area (Å²) in [5.74, 6) is 0.964. The molecule has 2 heterocycles. The maximum Gasteiger partial charge on any atom is 0.270 e. The minimum Gasteiger partial charge on any atom is -0.492 e. The molecule has 1 aliphatic heterocycles. The number of ether oxygens (including phenoxy) is 1. The van der Waals surface area contributed by atoms with E-state index >= 15 is 0 Å². The molecule has 1 aliphatic carbocycles. The predicted octanol–water partition coefficient (Wildman–Crippen LogP) is 3.90. The molecule has 2 N–H and O–H groups in total. The molecule has 5 heteroatoms. The first-order chi connectivity index (χ1) is 13.7. The number of carbonyl (C=O) groups excluding carboxylic acids is 1. The van der Waals surface area contributed by atoms with Gasteiger partial charge in [-0.25, -0.2) is 0 Å². The van der Waals surface area contributed by atoms with Crippen molar-refractivity contribution in [3.8, 4) is 5.75 Å². The number of aryl methyl sites for hydroxylation is 1. The fourth-order valence-electron chi connectivity index (χ4n) is 4.55. The summed E-state index contributed by atoms with van der Waals surface area (Å²) in [7, 11) is 0. The van der Waals surface area contributed by atoms with Crippen molar-refractivity contribution in [2.75, 3.05) is 13.2 Å². The molecule has 2 atom stereocenters. The summed E-state index contributed by atoms with van der Waals surface area (Å²) in [5, 5.41) is 3.70. The van der Waals surface area contributed by atoms with E-state index in [4.69, 9.17) is 4.74 Å². The number of amides is 1. The molecule has 5 nitrogen and oxygen atoms in total. The Hall–Kier alpha value is -2.27. The largest absolute Gasteiger partial charge is 0.492 e. The van der Waals surface area contributed by atoms with E-state index in [1.807, 2.05) is 17.0 Å². The van der Waals surface area contributed by atoms with Crippen LogP contribution in [0.15, 0.2) is 36.4 Å².